The quantitative estimate of drug-likeness (QED) is 0.764. The molecule has 5 rings (SSSR count). The molecule has 4 heterocycles. The minimum atomic E-state index is -0.377. The molecule has 0 bridgehead atoms. The molecule has 30 heavy (non-hydrogen) atoms. The smallest absolute Gasteiger partial charge is 0.290 e. The molecule has 0 aliphatic carbocycles. The minimum Gasteiger partial charge on any atom is -0.340 e. The highest BCUT2D eigenvalue weighted by Gasteiger charge is 2.29. The first-order valence-corrected chi connectivity index (χ1v) is 10.9. The monoisotopic (exact) mass is 419 g/mol. The number of piperidine rings is 1. The molecule has 1 aromatic heterocycles. The number of nitrogens with one attached hydrogen (secondary N) is 1. The summed E-state index contributed by atoms with van der Waals surface area (Å²) in [5.74, 6) is 0.651. The summed E-state index contributed by atoms with van der Waals surface area (Å²) < 4.78 is 0. The Kier molecular flexibility index (Phi) is 4.86. The van der Waals surface area contributed by atoms with Gasteiger partial charge in [-0.1, -0.05) is 18.2 Å². The second-order valence-electron chi connectivity index (χ2n) is 7.78. The number of para-hydroxylation sites is 1. The van der Waals surface area contributed by atoms with Crippen molar-refractivity contribution in [2.24, 2.45) is 10.9 Å². The molecule has 8 heteroatoms. The van der Waals surface area contributed by atoms with E-state index in [1.165, 1.54) is 16.8 Å². The van der Waals surface area contributed by atoms with Crippen molar-refractivity contribution in [1.82, 2.24) is 15.3 Å². The van der Waals surface area contributed by atoms with Crippen LogP contribution in [0.25, 0.3) is 6.08 Å². The van der Waals surface area contributed by atoms with Gasteiger partial charge in [-0.3, -0.25) is 19.9 Å². The van der Waals surface area contributed by atoms with Crippen LogP contribution in [0.3, 0.4) is 0 Å². The lowest BCUT2D eigenvalue weighted by Gasteiger charge is -2.33. The third kappa shape index (κ3) is 3.63. The van der Waals surface area contributed by atoms with E-state index in [1.807, 2.05) is 0 Å². The van der Waals surface area contributed by atoms with E-state index in [4.69, 9.17) is 4.99 Å². The van der Waals surface area contributed by atoms with Gasteiger partial charge in [-0.05, 0) is 54.8 Å². The van der Waals surface area contributed by atoms with Crippen LogP contribution >= 0.6 is 11.8 Å². The number of aryl methyl sites for hydroxylation is 1. The van der Waals surface area contributed by atoms with Crippen LogP contribution in [0.5, 0.6) is 0 Å². The fourth-order valence-corrected chi connectivity index (χ4v) is 4.88. The summed E-state index contributed by atoms with van der Waals surface area (Å²) in [7, 11) is 0. The lowest BCUT2D eigenvalue weighted by atomic mass is 9.91. The zero-order valence-corrected chi connectivity index (χ0v) is 17.4. The zero-order chi connectivity index (χ0) is 20.7. The van der Waals surface area contributed by atoms with Crippen molar-refractivity contribution < 1.29 is 9.59 Å². The fourth-order valence-electron chi connectivity index (χ4n) is 4.22. The van der Waals surface area contributed by atoms with Crippen molar-refractivity contribution in [1.29, 1.82) is 0 Å². The molecule has 0 radical (unpaired) electrons. The number of hydrogen-bond donors (Lipinski definition) is 1. The van der Waals surface area contributed by atoms with Crippen LogP contribution in [0.4, 0.5) is 16.4 Å². The number of imide groups is 1. The maximum absolute atomic E-state index is 11.8. The Labute approximate surface area is 178 Å². The van der Waals surface area contributed by atoms with Gasteiger partial charge in [0.25, 0.3) is 11.1 Å². The van der Waals surface area contributed by atoms with Gasteiger partial charge in [-0.25, -0.2) is 9.97 Å². The lowest BCUT2D eigenvalue weighted by Crippen LogP contribution is -2.39. The Morgan fingerprint density at radius 2 is 2.17 bits per heavy atom. The van der Waals surface area contributed by atoms with E-state index in [2.05, 4.69) is 45.3 Å². The predicted molar refractivity (Wildman–Crippen MR) is 118 cm³/mol. The molecule has 2 amide bonds. The Morgan fingerprint density at radius 3 is 2.97 bits per heavy atom. The van der Waals surface area contributed by atoms with Gasteiger partial charge in [0.15, 0.2) is 0 Å². The van der Waals surface area contributed by atoms with Crippen LogP contribution in [0, 0.1) is 12.8 Å². The van der Waals surface area contributed by atoms with Crippen LogP contribution < -0.4 is 10.2 Å². The Hall–Kier alpha value is -3.00. The number of thioether (sulfide) groups is 1. The largest absolute Gasteiger partial charge is 0.340 e. The molecule has 7 nitrogen and oxygen atoms in total. The summed E-state index contributed by atoms with van der Waals surface area (Å²) in [6.45, 7) is 3.84. The SMILES string of the molecule is Cc1cccc2c1N=C(C1CCCN(c3nccc(/C=C4\SC(=O)NC4=O)n3)C1)C2. The third-order valence-corrected chi connectivity index (χ3v) is 6.52. The van der Waals surface area contributed by atoms with Crippen molar-refractivity contribution in [3.8, 4) is 0 Å². The van der Waals surface area contributed by atoms with E-state index in [0.717, 1.165) is 49.8 Å². The second-order valence-corrected chi connectivity index (χ2v) is 8.80. The molecule has 152 valence electrons. The molecule has 0 spiro atoms. The van der Waals surface area contributed by atoms with E-state index >= 15 is 0 Å². The summed E-state index contributed by atoms with van der Waals surface area (Å²) in [5, 5.41) is 1.91. The Morgan fingerprint density at radius 1 is 1.27 bits per heavy atom. The molecule has 2 saturated heterocycles. The number of carbonyl (C=O) groups is 2. The van der Waals surface area contributed by atoms with Crippen LogP contribution in [0.2, 0.25) is 0 Å². The Bertz CT molecular complexity index is 1110. The molecule has 3 aliphatic rings. The number of rotatable bonds is 3. The average Bonchev–Trinajstić information content (AvgIpc) is 3.32. The highest BCUT2D eigenvalue weighted by molar-refractivity contribution is 8.18. The van der Waals surface area contributed by atoms with E-state index < -0.39 is 0 Å². The first-order valence-electron chi connectivity index (χ1n) is 10.1. The van der Waals surface area contributed by atoms with Gasteiger partial charge in [-0.15, -0.1) is 0 Å². The van der Waals surface area contributed by atoms with Gasteiger partial charge >= 0.3 is 0 Å². The third-order valence-electron chi connectivity index (χ3n) is 5.71. The van der Waals surface area contributed by atoms with E-state index in [9.17, 15) is 9.59 Å². The lowest BCUT2D eigenvalue weighted by molar-refractivity contribution is -0.115. The molecule has 2 aromatic rings. The van der Waals surface area contributed by atoms with Crippen molar-refractivity contribution in [3.63, 3.8) is 0 Å². The van der Waals surface area contributed by atoms with E-state index in [-0.39, 0.29) is 11.1 Å². The zero-order valence-electron chi connectivity index (χ0n) is 16.6. The van der Waals surface area contributed by atoms with Crippen molar-refractivity contribution in [3.05, 3.63) is 52.2 Å². The van der Waals surface area contributed by atoms with Crippen molar-refractivity contribution in [2.75, 3.05) is 18.0 Å². The molecule has 0 saturated carbocycles. The second kappa shape index (κ2) is 7.68. The number of carbonyl (C=O) groups excluding carboxylic acids is 2. The van der Waals surface area contributed by atoms with Gasteiger partial charge in [0.1, 0.15) is 0 Å². The summed E-state index contributed by atoms with van der Waals surface area (Å²) >= 11 is 0.894. The molecular weight excluding hydrogens is 398 g/mol. The molecule has 2 fully saturated rings. The normalized spacial score (nSPS) is 22.3. The van der Waals surface area contributed by atoms with Gasteiger partial charge in [0.2, 0.25) is 5.95 Å². The minimum absolute atomic E-state index is 0.354. The van der Waals surface area contributed by atoms with Crippen molar-refractivity contribution in [2.45, 2.75) is 26.2 Å². The number of fused-ring (bicyclic) bond motifs is 1. The number of nitrogens with zero attached hydrogens (tertiary/aromatic N) is 4. The van der Waals surface area contributed by atoms with Gasteiger partial charge < -0.3 is 4.90 Å². The van der Waals surface area contributed by atoms with Crippen LogP contribution in [-0.2, 0) is 11.2 Å². The van der Waals surface area contributed by atoms with Crippen LogP contribution in [-0.4, -0.2) is 39.9 Å². The number of aromatic nitrogens is 2. The molecule has 1 N–H and O–H groups in total. The number of amides is 2. The van der Waals surface area contributed by atoms with Crippen LogP contribution in [0.1, 0.15) is 29.7 Å². The maximum Gasteiger partial charge on any atom is 0.290 e. The first kappa shape index (κ1) is 19.0. The summed E-state index contributed by atoms with van der Waals surface area (Å²) in [6.07, 6.45) is 6.43. The molecule has 3 aliphatic heterocycles. The Balaban J connectivity index is 1.34. The first-order chi connectivity index (χ1) is 14.6. The number of benzene rings is 1. The summed E-state index contributed by atoms with van der Waals surface area (Å²) in [5.41, 5.74) is 5.55. The standard InChI is InChI=1S/C22H21N5O2S/c1-13-4-2-5-14-10-17(25-19(13)14)15-6-3-9-27(12-15)21-23-8-7-16(24-21)11-18-20(28)26-22(29)30-18/h2,4-5,7-8,11,15H,3,6,9-10,12H2,1H3,(H,26,28,29)/b18-11-. The van der Waals surface area contributed by atoms with Crippen LogP contribution in [0.15, 0.2) is 40.4 Å². The molecule has 1 atom stereocenters. The summed E-state index contributed by atoms with van der Waals surface area (Å²) in [4.78, 5) is 39.8. The molecule has 1 aromatic carbocycles. The van der Waals surface area contributed by atoms with Gasteiger partial charge in [0, 0.05) is 37.3 Å². The topological polar surface area (TPSA) is 87.5 Å². The average molecular weight is 420 g/mol. The summed E-state index contributed by atoms with van der Waals surface area (Å²) in [6, 6.07) is 8.13. The van der Waals surface area contributed by atoms with E-state index in [1.54, 1.807) is 18.3 Å². The van der Waals surface area contributed by atoms with Gasteiger partial charge in [-0.2, -0.15) is 0 Å². The molecular formula is C22H21N5O2S. The fraction of sp³-hybridized carbons (Fsp3) is 0.318. The van der Waals surface area contributed by atoms with Crippen molar-refractivity contribution >= 4 is 46.3 Å². The highest BCUT2D eigenvalue weighted by Crippen LogP contribution is 2.34. The molecule has 1 unspecified atom stereocenters. The van der Waals surface area contributed by atoms with E-state index in [0.29, 0.717) is 22.5 Å². The number of aliphatic imine (C=N–C) groups is 1. The van der Waals surface area contributed by atoms with Gasteiger partial charge in [0.05, 0.1) is 16.3 Å². The number of hydrogen-bond acceptors (Lipinski definition) is 7. The predicted octanol–water partition coefficient (Wildman–Crippen LogP) is 3.65. The number of anilines is 1. The maximum atomic E-state index is 11.8. The highest BCUT2D eigenvalue weighted by atomic mass is 32.2.